The topological polar surface area (TPSA) is 66.8 Å². The van der Waals surface area contributed by atoms with Gasteiger partial charge in [-0.1, -0.05) is 12.1 Å². The number of benzene rings is 1. The van der Waals surface area contributed by atoms with Gasteiger partial charge in [0.15, 0.2) is 0 Å². The van der Waals surface area contributed by atoms with Crippen molar-refractivity contribution in [1.82, 2.24) is 4.90 Å². The molecule has 0 aromatic heterocycles. The number of carbonyl (C=O) groups excluding carboxylic acids is 1. The molecule has 2 fully saturated rings. The quantitative estimate of drug-likeness (QED) is 0.859. The number of rotatable bonds is 4. The number of amides is 1. The third-order valence-electron chi connectivity index (χ3n) is 4.63. The highest BCUT2D eigenvalue weighted by atomic mass is 16.5. The molecule has 1 aromatic rings. The normalized spacial score (nSPS) is 22.9. The average Bonchev–Trinajstić information content (AvgIpc) is 3.18. The fourth-order valence-electron chi connectivity index (χ4n) is 3.04. The van der Waals surface area contributed by atoms with Crippen LogP contribution in [0.3, 0.4) is 0 Å². The van der Waals surface area contributed by atoms with E-state index in [0.29, 0.717) is 25.9 Å². The molecule has 5 heteroatoms. The second kappa shape index (κ2) is 5.06. The van der Waals surface area contributed by atoms with Gasteiger partial charge in [0.2, 0.25) is 5.91 Å². The predicted molar refractivity (Wildman–Crippen MR) is 76.2 cm³/mol. The molecular weight excluding hydrogens is 270 g/mol. The number of hydrogen-bond donors (Lipinski definition) is 1. The minimum atomic E-state index is -1.12. The molecule has 0 radical (unpaired) electrons. The Kier molecular flexibility index (Phi) is 3.35. The lowest BCUT2D eigenvalue weighted by Crippen LogP contribution is -2.39. The van der Waals surface area contributed by atoms with E-state index in [4.69, 9.17) is 4.74 Å². The van der Waals surface area contributed by atoms with Crippen LogP contribution in [-0.2, 0) is 9.59 Å². The highest BCUT2D eigenvalue weighted by Gasteiger charge is 2.59. The van der Waals surface area contributed by atoms with E-state index in [1.807, 2.05) is 24.3 Å². The van der Waals surface area contributed by atoms with E-state index in [9.17, 15) is 14.7 Å². The van der Waals surface area contributed by atoms with Gasteiger partial charge in [-0.3, -0.25) is 9.59 Å². The summed E-state index contributed by atoms with van der Waals surface area (Å²) in [5, 5.41) is 9.21. The van der Waals surface area contributed by atoms with Gasteiger partial charge in [0.25, 0.3) is 0 Å². The molecule has 1 aliphatic heterocycles. The van der Waals surface area contributed by atoms with Gasteiger partial charge in [-0.25, -0.2) is 0 Å². The van der Waals surface area contributed by atoms with Crippen molar-refractivity contribution in [3.8, 4) is 5.75 Å². The highest BCUT2D eigenvalue weighted by molar-refractivity contribution is 6.04. The number of ether oxygens (including phenoxy) is 1. The summed E-state index contributed by atoms with van der Waals surface area (Å²) in [6.45, 7) is 1.25. The van der Waals surface area contributed by atoms with E-state index in [-0.39, 0.29) is 11.8 Å². The number of carboxylic acids is 1. The Balaban J connectivity index is 1.68. The summed E-state index contributed by atoms with van der Waals surface area (Å²) in [6, 6.07) is 7.86. The molecule has 1 unspecified atom stereocenters. The largest absolute Gasteiger partial charge is 0.497 e. The number of nitrogens with zero attached hydrogens (tertiary/aromatic N) is 1. The third-order valence-corrected chi connectivity index (χ3v) is 4.63. The van der Waals surface area contributed by atoms with Crippen LogP contribution in [0, 0.1) is 5.41 Å². The van der Waals surface area contributed by atoms with Crippen molar-refractivity contribution in [2.75, 3.05) is 20.2 Å². The highest BCUT2D eigenvalue weighted by Crippen LogP contribution is 2.48. The van der Waals surface area contributed by atoms with Gasteiger partial charge >= 0.3 is 5.97 Å². The van der Waals surface area contributed by atoms with Crippen LogP contribution in [0.15, 0.2) is 24.3 Å². The maximum Gasteiger partial charge on any atom is 0.319 e. The molecule has 0 bridgehead atoms. The standard InChI is InChI=1S/C16H19NO4/c1-21-13-4-2-11(3-5-13)12-6-9-17(10-12)14(18)16(7-8-16)15(19)20/h2-5,12H,6-10H2,1H3,(H,19,20). The van der Waals surface area contributed by atoms with Crippen molar-refractivity contribution in [3.63, 3.8) is 0 Å². The van der Waals surface area contributed by atoms with Gasteiger partial charge < -0.3 is 14.7 Å². The van der Waals surface area contributed by atoms with E-state index in [1.54, 1.807) is 12.0 Å². The third kappa shape index (κ3) is 2.37. The monoisotopic (exact) mass is 289 g/mol. The van der Waals surface area contributed by atoms with E-state index in [2.05, 4.69) is 0 Å². The van der Waals surface area contributed by atoms with Crippen molar-refractivity contribution < 1.29 is 19.4 Å². The van der Waals surface area contributed by atoms with Crippen molar-refractivity contribution in [2.45, 2.75) is 25.2 Å². The summed E-state index contributed by atoms with van der Waals surface area (Å²) in [5.74, 6) is -0.0802. The number of carboxylic acid groups (broad SMARTS) is 1. The number of carbonyl (C=O) groups is 2. The molecule has 1 saturated carbocycles. The summed E-state index contributed by atoms with van der Waals surface area (Å²) < 4.78 is 5.14. The van der Waals surface area contributed by atoms with Gasteiger partial charge in [0, 0.05) is 19.0 Å². The fourth-order valence-corrected chi connectivity index (χ4v) is 3.04. The molecule has 1 N–H and O–H groups in total. The number of hydrogen-bond acceptors (Lipinski definition) is 3. The maximum absolute atomic E-state index is 12.4. The molecule has 1 aromatic carbocycles. The molecular formula is C16H19NO4. The molecule has 1 amide bonds. The minimum absolute atomic E-state index is 0.203. The van der Waals surface area contributed by atoms with Crippen LogP contribution in [0.1, 0.15) is 30.7 Å². The van der Waals surface area contributed by atoms with Crippen molar-refractivity contribution >= 4 is 11.9 Å². The Hall–Kier alpha value is -2.04. The summed E-state index contributed by atoms with van der Waals surface area (Å²) >= 11 is 0. The summed E-state index contributed by atoms with van der Waals surface area (Å²) in [5.41, 5.74) is 0.0562. The van der Waals surface area contributed by atoms with E-state index in [0.717, 1.165) is 12.2 Å². The Morgan fingerprint density at radius 1 is 1.29 bits per heavy atom. The molecule has 1 atom stereocenters. The lowest BCUT2D eigenvalue weighted by atomic mass is 9.98. The first-order chi connectivity index (χ1) is 10.1. The molecule has 1 heterocycles. The van der Waals surface area contributed by atoms with Crippen LogP contribution < -0.4 is 4.74 Å². The molecule has 0 spiro atoms. The number of aliphatic carboxylic acids is 1. The fraction of sp³-hybridized carbons (Fsp3) is 0.500. The van der Waals surface area contributed by atoms with Crippen molar-refractivity contribution in [2.24, 2.45) is 5.41 Å². The van der Waals surface area contributed by atoms with Crippen molar-refractivity contribution in [3.05, 3.63) is 29.8 Å². The van der Waals surface area contributed by atoms with Crippen LogP contribution in [0.25, 0.3) is 0 Å². The Bertz CT molecular complexity index is 562. The van der Waals surface area contributed by atoms with Crippen LogP contribution in [0.2, 0.25) is 0 Å². The summed E-state index contributed by atoms with van der Waals surface area (Å²) in [6.07, 6.45) is 1.84. The first kappa shape index (κ1) is 13.9. The maximum atomic E-state index is 12.4. The SMILES string of the molecule is COc1ccc(C2CCN(C(=O)C3(C(=O)O)CC3)C2)cc1. The Morgan fingerprint density at radius 2 is 1.95 bits per heavy atom. The number of likely N-dealkylation sites (tertiary alicyclic amines) is 1. The smallest absolute Gasteiger partial charge is 0.319 e. The Labute approximate surface area is 123 Å². The van der Waals surface area contributed by atoms with E-state index < -0.39 is 11.4 Å². The second-order valence-electron chi connectivity index (χ2n) is 5.90. The second-order valence-corrected chi connectivity index (χ2v) is 5.90. The molecule has 2 aliphatic rings. The van der Waals surface area contributed by atoms with Gasteiger partial charge in [-0.05, 0) is 37.0 Å². The molecule has 1 saturated heterocycles. The van der Waals surface area contributed by atoms with Crippen molar-refractivity contribution in [1.29, 1.82) is 0 Å². The summed E-state index contributed by atoms with van der Waals surface area (Å²) in [7, 11) is 1.63. The van der Waals surface area contributed by atoms with Gasteiger partial charge in [0.1, 0.15) is 11.2 Å². The Morgan fingerprint density at radius 3 is 2.48 bits per heavy atom. The van der Waals surface area contributed by atoms with Gasteiger partial charge in [-0.15, -0.1) is 0 Å². The molecule has 112 valence electrons. The molecule has 1 aliphatic carbocycles. The zero-order valence-electron chi connectivity index (χ0n) is 12.0. The zero-order chi connectivity index (χ0) is 15.0. The average molecular weight is 289 g/mol. The van der Waals surface area contributed by atoms with Crippen LogP contribution in [0.5, 0.6) is 5.75 Å². The van der Waals surface area contributed by atoms with Gasteiger partial charge in [-0.2, -0.15) is 0 Å². The predicted octanol–water partition coefficient (Wildman–Crippen LogP) is 1.88. The molecule has 21 heavy (non-hydrogen) atoms. The van der Waals surface area contributed by atoms with E-state index in [1.165, 1.54) is 5.56 Å². The minimum Gasteiger partial charge on any atom is -0.497 e. The van der Waals surface area contributed by atoms with Gasteiger partial charge in [0.05, 0.1) is 7.11 Å². The zero-order valence-corrected chi connectivity index (χ0v) is 12.0. The molecule has 3 rings (SSSR count). The van der Waals surface area contributed by atoms with Crippen LogP contribution >= 0.6 is 0 Å². The number of methoxy groups -OCH3 is 1. The molecule has 5 nitrogen and oxygen atoms in total. The van der Waals surface area contributed by atoms with E-state index >= 15 is 0 Å². The van der Waals surface area contributed by atoms with Crippen LogP contribution in [0.4, 0.5) is 0 Å². The first-order valence-electron chi connectivity index (χ1n) is 7.23. The lowest BCUT2D eigenvalue weighted by Gasteiger charge is -2.20. The first-order valence-corrected chi connectivity index (χ1v) is 7.23. The summed E-state index contributed by atoms with van der Waals surface area (Å²) in [4.78, 5) is 25.3. The van der Waals surface area contributed by atoms with Crippen LogP contribution in [-0.4, -0.2) is 42.1 Å². The lowest BCUT2D eigenvalue weighted by molar-refractivity contribution is -0.152.